The van der Waals surface area contributed by atoms with E-state index in [1.165, 1.54) is 5.56 Å². The lowest BCUT2D eigenvalue weighted by atomic mass is 10.1. The van der Waals surface area contributed by atoms with Gasteiger partial charge in [0.2, 0.25) is 0 Å². The Morgan fingerprint density at radius 2 is 2.05 bits per heavy atom. The van der Waals surface area contributed by atoms with Gasteiger partial charge in [-0.1, -0.05) is 23.7 Å². The number of nitrogens with one attached hydrogen (secondary N) is 1. The topological polar surface area (TPSA) is 59.6 Å². The summed E-state index contributed by atoms with van der Waals surface area (Å²) in [4.78, 5) is 4.26. The zero-order valence-electron chi connectivity index (χ0n) is 11.2. The molecule has 0 amide bonds. The maximum Gasteiger partial charge on any atom is 0.188 e. The van der Waals surface area contributed by atoms with Crippen LogP contribution in [0.15, 0.2) is 29.3 Å². The molecule has 1 atom stereocenters. The molecule has 0 aliphatic rings. The van der Waals surface area contributed by atoms with Crippen molar-refractivity contribution in [2.24, 2.45) is 10.7 Å². The number of aliphatic imine (C=N–C) groups is 1. The van der Waals surface area contributed by atoms with E-state index in [2.05, 4.69) is 10.3 Å². The summed E-state index contributed by atoms with van der Waals surface area (Å²) in [5, 5.41) is 3.80. The highest BCUT2D eigenvalue weighted by molar-refractivity contribution is 14.0. The normalized spacial score (nSPS) is 12.7. The highest BCUT2D eigenvalue weighted by Crippen LogP contribution is 2.09. The summed E-state index contributed by atoms with van der Waals surface area (Å²) in [6.07, 6.45) is 0.845. The summed E-state index contributed by atoms with van der Waals surface area (Å²) < 4.78 is 5.00. The number of hydrogen-bond donors (Lipinski definition) is 2. The molecule has 0 heterocycles. The number of rotatable bonds is 6. The fraction of sp³-hybridized carbons (Fsp3) is 0.462. The molecule has 0 saturated carbocycles. The standard InChI is InChI=1S/C13H20ClN3O.HI/c1-10(9-18-2)17-13(15)16-8-7-11-3-5-12(14)6-4-11;/h3-6,10H,7-9H2,1-2H3,(H3,15,16,17);1H. The largest absolute Gasteiger partial charge is 0.383 e. The third-order valence-corrected chi connectivity index (χ3v) is 2.66. The minimum atomic E-state index is 0. The number of hydrogen-bond acceptors (Lipinski definition) is 2. The lowest BCUT2D eigenvalue weighted by Gasteiger charge is -2.12. The van der Waals surface area contributed by atoms with Gasteiger partial charge in [-0.3, -0.25) is 4.99 Å². The van der Waals surface area contributed by atoms with Gasteiger partial charge >= 0.3 is 0 Å². The molecule has 3 N–H and O–H groups in total. The van der Waals surface area contributed by atoms with Gasteiger partial charge in [-0.25, -0.2) is 0 Å². The minimum Gasteiger partial charge on any atom is -0.383 e. The van der Waals surface area contributed by atoms with Crippen molar-refractivity contribution < 1.29 is 4.74 Å². The van der Waals surface area contributed by atoms with E-state index in [9.17, 15) is 0 Å². The molecule has 1 aromatic carbocycles. The second-order valence-electron chi connectivity index (χ2n) is 4.14. The van der Waals surface area contributed by atoms with E-state index >= 15 is 0 Å². The van der Waals surface area contributed by atoms with E-state index in [0.29, 0.717) is 19.1 Å². The first-order valence-electron chi connectivity index (χ1n) is 5.91. The fourth-order valence-corrected chi connectivity index (χ4v) is 1.67. The van der Waals surface area contributed by atoms with Crippen molar-refractivity contribution in [2.45, 2.75) is 19.4 Å². The third kappa shape index (κ3) is 8.28. The monoisotopic (exact) mass is 397 g/mol. The number of methoxy groups -OCH3 is 1. The summed E-state index contributed by atoms with van der Waals surface area (Å²) in [6.45, 7) is 3.25. The molecule has 19 heavy (non-hydrogen) atoms. The minimum absolute atomic E-state index is 0. The van der Waals surface area contributed by atoms with Crippen LogP contribution in [0.25, 0.3) is 0 Å². The first-order valence-corrected chi connectivity index (χ1v) is 6.29. The number of ether oxygens (including phenoxy) is 1. The Kier molecular flexibility index (Phi) is 9.99. The molecule has 1 unspecified atom stereocenters. The van der Waals surface area contributed by atoms with Crippen LogP contribution >= 0.6 is 35.6 Å². The number of halogens is 2. The van der Waals surface area contributed by atoms with Crippen LogP contribution in [0, 0.1) is 0 Å². The van der Waals surface area contributed by atoms with Gasteiger partial charge in [0.25, 0.3) is 0 Å². The van der Waals surface area contributed by atoms with E-state index in [-0.39, 0.29) is 30.0 Å². The Hall–Kier alpha value is -0.530. The van der Waals surface area contributed by atoms with Crippen LogP contribution in [-0.2, 0) is 11.2 Å². The average Bonchev–Trinajstić information content (AvgIpc) is 2.32. The smallest absolute Gasteiger partial charge is 0.188 e. The number of nitrogens with zero attached hydrogens (tertiary/aromatic N) is 1. The van der Waals surface area contributed by atoms with Crippen molar-refractivity contribution in [3.05, 3.63) is 34.9 Å². The van der Waals surface area contributed by atoms with Crippen molar-refractivity contribution in [3.8, 4) is 0 Å². The molecule has 0 aliphatic carbocycles. The first-order chi connectivity index (χ1) is 8.61. The summed E-state index contributed by atoms with van der Waals surface area (Å²) in [5.74, 6) is 0.452. The molecule has 0 aliphatic heterocycles. The van der Waals surface area contributed by atoms with Crippen LogP contribution < -0.4 is 11.1 Å². The molecule has 0 fully saturated rings. The van der Waals surface area contributed by atoms with Gasteiger partial charge < -0.3 is 15.8 Å². The molecule has 0 bridgehead atoms. The van der Waals surface area contributed by atoms with E-state index in [4.69, 9.17) is 22.1 Å². The first kappa shape index (κ1) is 18.5. The van der Waals surface area contributed by atoms with Crippen molar-refractivity contribution in [2.75, 3.05) is 20.3 Å². The molecule has 0 aromatic heterocycles. The molecular weight excluding hydrogens is 377 g/mol. The van der Waals surface area contributed by atoms with Crippen molar-refractivity contribution in [3.63, 3.8) is 0 Å². The highest BCUT2D eigenvalue weighted by atomic mass is 127. The maximum absolute atomic E-state index is 5.81. The van der Waals surface area contributed by atoms with Gasteiger partial charge in [0.15, 0.2) is 5.96 Å². The SMILES string of the molecule is COCC(C)NC(N)=NCCc1ccc(Cl)cc1.I. The second kappa shape index (κ2) is 10.3. The van der Waals surface area contributed by atoms with Crippen LogP contribution in [0.2, 0.25) is 5.02 Å². The Morgan fingerprint density at radius 1 is 1.42 bits per heavy atom. The third-order valence-electron chi connectivity index (χ3n) is 2.41. The fourth-order valence-electron chi connectivity index (χ4n) is 1.55. The Morgan fingerprint density at radius 3 is 2.63 bits per heavy atom. The molecule has 1 aromatic rings. The van der Waals surface area contributed by atoms with Crippen molar-refractivity contribution in [1.82, 2.24) is 5.32 Å². The summed E-state index contributed by atoms with van der Waals surface area (Å²) in [7, 11) is 1.66. The number of nitrogens with two attached hydrogens (primary N) is 1. The zero-order chi connectivity index (χ0) is 13.4. The Labute approximate surface area is 136 Å². The number of benzene rings is 1. The molecule has 1 rings (SSSR count). The Bertz CT molecular complexity index is 384. The van der Waals surface area contributed by atoms with Gasteiger partial charge in [0.05, 0.1) is 6.61 Å². The van der Waals surface area contributed by atoms with E-state index in [0.717, 1.165) is 11.4 Å². The molecule has 4 nitrogen and oxygen atoms in total. The van der Waals surface area contributed by atoms with E-state index < -0.39 is 0 Å². The van der Waals surface area contributed by atoms with Crippen molar-refractivity contribution >= 4 is 41.5 Å². The summed E-state index contributed by atoms with van der Waals surface area (Å²) >= 11 is 5.81. The average molecular weight is 398 g/mol. The molecular formula is C13H21ClIN3O. The molecule has 0 spiro atoms. The predicted molar refractivity (Wildman–Crippen MR) is 91.5 cm³/mol. The summed E-state index contributed by atoms with van der Waals surface area (Å²) in [6, 6.07) is 7.91. The lowest BCUT2D eigenvalue weighted by Crippen LogP contribution is -2.40. The zero-order valence-corrected chi connectivity index (χ0v) is 14.3. The predicted octanol–water partition coefficient (Wildman–Crippen LogP) is 2.44. The van der Waals surface area contributed by atoms with Gasteiger partial charge in [0, 0.05) is 24.7 Å². The molecule has 6 heteroatoms. The van der Waals surface area contributed by atoms with Gasteiger partial charge in [0.1, 0.15) is 0 Å². The van der Waals surface area contributed by atoms with Crippen molar-refractivity contribution in [1.29, 1.82) is 0 Å². The van der Waals surface area contributed by atoms with E-state index in [1.54, 1.807) is 7.11 Å². The van der Waals surface area contributed by atoms with E-state index in [1.807, 2.05) is 31.2 Å². The lowest BCUT2D eigenvalue weighted by molar-refractivity contribution is 0.179. The van der Waals surface area contributed by atoms with Crippen LogP contribution in [0.4, 0.5) is 0 Å². The molecule has 0 saturated heterocycles. The van der Waals surface area contributed by atoms with Crippen LogP contribution in [0.3, 0.4) is 0 Å². The van der Waals surface area contributed by atoms with Gasteiger partial charge in [-0.05, 0) is 31.0 Å². The van der Waals surface area contributed by atoms with Gasteiger partial charge in [-0.15, -0.1) is 24.0 Å². The molecule has 108 valence electrons. The van der Waals surface area contributed by atoms with Crippen LogP contribution in [0.1, 0.15) is 12.5 Å². The Balaban J connectivity index is 0.00000324. The van der Waals surface area contributed by atoms with Gasteiger partial charge in [-0.2, -0.15) is 0 Å². The maximum atomic E-state index is 5.81. The van der Waals surface area contributed by atoms with Crippen LogP contribution in [-0.4, -0.2) is 32.3 Å². The number of guanidine groups is 1. The highest BCUT2D eigenvalue weighted by Gasteiger charge is 2.01. The quantitative estimate of drug-likeness (QED) is 0.440. The summed E-state index contributed by atoms with van der Waals surface area (Å²) in [5.41, 5.74) is 6.95. The molecule has 0 radical (unpaired) electrons. The van der Waals surface area contributed by atoms with Crippen LogP contribution in [0.5, 0.6) is 0 Å². The second-order valence-corrected chi connectivity index (χ2v) is 4.58.